The molecule has 1 fully saturated rings. The summed E-state index contributed by atoms with van der Waals surface area (Å²) in [4.78, 5) is 30.7. The summed E-state index contributed by atoms with van der Waals surface area (Å²) < 4.78 is 113. The van der Waals surface area contributed by atoms with E-state index in [9.17, 15) is 40.0 Å². The van der Waals surface area contributed by atoms with Crippen LogP contribution >= 0.6 is 0 Å². The smallest absolute Gasteiger partial charge is 0.274 e. The Morgan fingerprint density at radius 2 is 1.40 bits per heavy atom. The highest BCUT2D eigenvalue weighted by atomic mass is 32.2. The Kier molecular flexibility index (Phi) is 12.1. The quantitative estimate of drug-likeness (QED) is 0.0695. The van der Waals surface area contributed by atoms with Crippen LogP contribution in [0.4, 0.5) is 32.0 Å². The van der Waals surface area contributed by atoms with Crippen molar-refractivity contribution in [2.24, 2.45) is 0 Å². The lowest BCUT2D eigenvalue weighted by molar-refractivity contribution is -0.121. The number of amides is 2. The third kappa shape index (κ3) is 8.16. The van der Waals surface area contributed by atoms with Crippen molar-refractivity contribution in [3.05, 3.63) is 130 Å². The summed E-state index contributed by atoms with van der Waals surface area (Å²) in [6.07, 6.45) is 5.40. The molecule has 2 amide bonds. The summed E-state index contributed by atoms with van der Waals surface area (Å²) >= 11 is 0. The van der Waals surface area contributed by atoms with Crippen molar-refractivity contribution < 1.29 is 49.2 Å². The molecule has 1 aliphatic carbocycles. The highest BCUT2D eigenvalue weighted by Crippen LogP contribution is 2.34. The van der Waals surface area contributed by atoms with E-state index in [2.05, 4.69) is 5.48 Å². The topological polar surface area (TPSA) is 96.0 Å². The van der Waals surface area contributed by atoms with Crippen molar-refractivity contribution in [2.75, 3.05) is 11.9 Å². The van der Waals surface area contributed by atoms with E-state index >= 15 is 4.39 Å². The summed E-state index contributed by atoms with van der Waals surface area (Å²) in [5, 5.41) is 0. The molecule has 1 aliphatic rings. The number of anilines is 1. The van der Waals surface area contributed by atoms with E-state index in [-0.39, 0.29) is 23.0 Å². The second-order valence-electron chi connectivity index (χ2n) is 12.5. The first kappa shape index (κ1) is 38.5. The summed E-state index contributed by atoms with van der Waals surface area (Å²) in [5.74, 6) is -15.4. The molecule has 0 aliphatic heterocycles. The Bertz CT molecular complexity index is 2020. The van der Waals surface area contributed by atoms with E-state index in [0.29, 0.717) is 18.5 Å². The van der Waals surface area contributed by atoms with Gasteiger partial charge < -0.3 is 4.90 Å². The zero-order valence-electron chi connectivity index (χ0n) is 28.1. The van der Waals surface area contributed by atoms with Gasteiger partial charge in [0.2, 0.25) is 21.7 Å². The zero-order valence-corrected chi connectivity index (χ0v) is 29.0. The standard InChI is InChI=1S/C37H35F6N3O5S/c1-22(45(2)52(49,50)35-33(42)31(40)30(39)32(41)34(35)43)37(48)46(20-23-13-15-26(16-14-23)25-11-7-4-8-12-25)29-18-17-27(19-28(29)38)36(47)44-51-21-24-9-5-3-6-10-24/h3,5-6,9-10,13-19,22,25H,4,7-8,11-12,20-21H2,1-2H3,(H,44,47)/t22-/m1/s1. The average molecular weight is 748 g/mol. The molecule has 5 rings (SSSR count). The zero-order chi connectivity index (χ0) is 37.7. The summed E-state index contributed by atoms with van der Waals surface area (Å²) in [7, 11) is -4.83. The first-order valence-electron chi connectivity index (χ1n) is 16.4. The van der Waals surface area contributed by atoms with Gasteiger partial charge in [-0.2, -0.15) is 4.31 Å². The number of hydrogen-bond acceptors (Lipinski definition) is 5. The fraction of sp³-hybridized carbons (Fsp3) is 0.297. The van der Waals surface area contributed by atoms with Crippen LogP contribution in [0.25, 0.3) is 0 Å². The van der Waals surface area contributed by atoms with Gasteiger partial charge in [-0.15, -0.1) is 0 Å². The van der Waals surface area contributed by atoms with Crippen LogP contribution < -0.4 is 10.4 Å². The lowest BCUT2D eigenvalue weighted by Crippen LogP contribution is -2.48. The van der Waals surface area contributed by atoms with Crippen molar-refractivity contribution in [1.29, 1.82) is 0 Å². The molecule has 0 saturated heterocycles. The number of nitrogens with zero attached hydrogens (tertiary/aromatic N) is 2. The summed E-state index contributed by atoms with van der Waals surface area (Å²) in [6, 6.07) is 17.4. The monoisotopic (exact) mass is 747 g/mol. The van der Waals surface area contributed by atoms with E-state index in [1.165, 1.54) is 6.07 Å². The van der Waals surface area contributed by atoms with Crippen LogP contribution in [0.3, 0.4) is 0 Å². The van der Waals surface area contributed by atoms with Crippen LogP contribution in [0.1, 0.15) is 72.0 Å². The van der Waals surface area contributed by atoms with Crippen LogP contribution in [0.15, 0.2) is 77.7 Å². The van der Waals surface area contributed by atoms with E-state index in [1.807, 2.05) is 12.1 Å². The van der Waals surface area contributed by atoms with E-state index in [0.717, 1.165) is 67.2 Å². The predicted octanol–water partition coefficient (Wildman–Crippen LogP) is 7.67. The highest BCUT2D eigenvalue weighted by Gasteiger charge is 2.40. The number of benzene rings is 4. The number of likely N-dealkylation sites (N-methyl/N-ethyl adjacent to an activating group) is 1. The third-order valence-corrected chi connectivity index (χ3v) is 11.1. The number of nitrogens with one attached hydrogen (secondary N) is 1. The largest absolute Gasteiger partial charge is 0.304 e. The van der Waals surface area contributed by atoms with Crippen molar-refractivity contribution in [1.82, 2.24) is 9.79 Å². The molecule has 52 heavy (non-hydrogen) atoms. The van der Waals surface area contributed by atoms with Gasteiger partial charge in [-0.1, -0.05) is 73.9 Å². The summed E-state index contributed by atoms with van der Waals surface area (Å²) in [5.41, 5.74) is 3.97. The Labute approximate surface area is 297 Å². The summed E-state index contributed by atoms with van der Waals surface area (Å²) in [6.45, 7) is 0.705. The van der Waals surface area contributed by atoms with Crippen molar-refractivity contribution in [3.63, 3.8) is 0 Å². The molecule has 1 N–H and O–H groups in total. The van der Waals surface area contributed by atoms with Gasteiger partial charge in [-0.25, -0.2) is 40.2 Å². The predicted molar refractivity (Wildman–Crippen MR) is 179 cm³/mol. The van der Waals surface area contributed by atoms with Crippen molar-refractivity contribution >= 4 is 27.5 Å². The highest BCUT2D eigenvalue weighted by molar-refractivity contribution is 7.89. The molecule has 15 heteroatoms. The van der Waals surface area contributed by atoms with Crippen LogP contribution in [0.2, 0.25) is 0 Å². The lowest BCUT2D eigenvalue weighted by atomic mass is 9.84. The molecule has 4 aromatic rings. The first-order valence-corrected chi connectivity index (χ1v) is 17.8. The van der Waals surface area contributed by atoms with Crippen molar-refractivity contribution in [2.45, 2.75) is 69.0 Å². The molecule has 1 atom stereocenters. The number of hydrogen-bond donors (Lipinski definition) is 1. The maximum atomic E-state index is 15.8. The molecule has 0 aromatic heterocycles. The maximum absolute atomic E-state index is 15.8. The number of carbonyl (C=O) groups excluding carboxylic acids is 2. The average Bonchev–Trinajstić information content (AvgIpc) is 3.15. The van der Waals surface area contributed by atoms with E-state index in [1.54, 1.807) is 42.5 Å². The number of halogens is 6. The van der Waals surface area contributed by atoms with Crippen LogP contribution in [-0.4, -0.2) is 37.6 Å². The normalized spacial score (nSPS) is 14.3. The third-order valence-electron chi connectivity index (χ3n) is 9.12. The lowest BCUT2D eigenvalue weighted by Gasteiger charge is -2.31. The Morgan fingerprint density at radius 3 is 2.00 bits per heavy atom. The van der Waals surface area contributed by atoms with E-state index < -0.39 is 73.4 Å². The molecule has 0 bridgehead atoms. The molecular formula is C37H35F6N3O5S. The van der Waals surface area contributed by atoms with Gasteiger partial charge >= 0.3 is 0 Å². The van der Waals surface area contributed by atoms with E-state index in [4.69, 9.17) is 4.84 Å². The Hall–Kier alpha value is -4.73. The molecular weight excluding hydrogens is 712 g/mol. The molecule has 0 spiro atoms. The molecule has 0 heterocycles. The Morgan fingerprint density at radius 1 is 0.808 bits per heavy atom. The number of hydroxylamine groups is 1. The fourth-order valence-electron chi connectivity index (χ4n) is 6.03. The first-order chi connectivity index (χ1) is 24.7. The molecule has 4 aromatic carbocycles. The van der Waals surface area contributed by atoms with Crippen LogP contribution in [0, 0.1) is 34.9 Å². The van der Waals surface area contributed by atoms with Gasteiger partial charge in [0.15, 0.2) is 28.2 Å². The molecule has 1 saturated carbocycles. The minimum Gasteiger partial charge on any atom is -0.304 e. The van der Waals surface area contributed by atoms with Gasteiger partial charge in [-0.05, 0) is 60.6 Å². The van der Waals surface area contributed by atoms with Crippen LogP contribution in [-0.2, 0) is 32.8 Å². The number of carbonyl (C=O) groups is 2. The molecule has 0 unspecified atom stereocenters. The van der Waals surface area contributed by atoms with Gasteiger partial charge in [0, 0.05) is 12.6 Å². The van der Waals surface area contributed by atoms with Crippen LogP contribution in [0.5, 0.6) is 0 Å². The minimum atomic E-state index is -5.54. The fourth-order valence-corrected chi connectivity index (χ4v) is 7.45. The van der Waals surface area contributed by atoms with Gasteiger partial charge in [0.05, 0.1) is 18.8 Å². The minimum absolute atomic E-state index is 0.0221. The second-order valence-corrected chi connectivity index (χ2v) is 14.4. The SMILES string of the molecule is C[C@H](C(=O)N(Cc1ccc(C2CCCCC2)cc1)c1ccc(C(=O)NOCc2ccccc2)cc1F)N(C)S(=O)(=O)c1c(F)c(F)c(F)c(F)c1F. The Balaban J connectivity index is 1.44. The van der Waals surface area contributed by atoms with Gasteiger partial charge in [0.1, 0.15) is 11.9 Å². The van der Waals surface area contributed by atoms with Gasteiger partial charge in [-0.3, -0.25) is 14.4 Å². The molecule has 0 radical (unpaired) electrons. The number of rotatable bonds is 12. The number of sulfonamides is 1. The molecule has 8 nitrogen and oxygen atoms in total. The second kappa shape index (κ2) is 16.3. The molecule has 276 valence electrons. The van der Waals surface area contributed by atoms with Gasteiger partial charge in [0.25, 0.3) is 5.91 Å². The maximum Gasteiger partial charge on any atom is 0.274 e. The van der Waals surface area contributed by atoms with Crippen molar-refractivity contribution in [3.8, 4) is 0 Å².